The van der Waals surface area contributed by atoms with Gasteiger partial charge in [0.2, 0.25) is 5.91 Å². The quantitative estimate of drug-likeness (QED) is 0.670. The number of hydrogen-bond donors (Lipinski definition) is 1. The number of rotatable bonds is 3. The fraction of sp³-hybridized carbons (Fsp3) is 0.500. The van der Waals surface area contributed by atoms with Gasteiger partial charge in [0.1, 0.15) is 0 Å². The number of fused-ring (bicyclic) bond motifs is 3. The lowest BCUT2D eigenvalue weighted by molar-refractivity contribution is -0.188. The van der Waals surface area contributed by atoms with Crippen molar-refractivity contribution in [3.8, 4) is 0 Å². The predicted molar refractivity (Wildman–Crippen MR) is 115 cm³/mol. The molecule has 0 spiro atoms. The maximum atomic E-state index is 13.1. The molecule has 0 radical (unpaired) electrons. The number of piperidine rings is 1. The Labute approximate surface area is 183 Å². The number of aromatic amines is 1. The Kier molecular flexibility index (Phi) is 5.40. The van der Waals surface area contributed by atoms with E-state index in [0.29, 0.717) is 31.7 Å². The maximum absolute atomic E-state index is 13.1. The third-order valence-corrected chi connectivity index (χ3v) is 6.58. The average molecular weight is 446 g/mol. The zero-order valence-electron chi connectivity index (χ0n) is 17.6. The number of carbonyl (C=O) groups is 1. The molecule has 0 aliphatic carbocycles. The van der Waals surface area contributed by atoms with E-state index in [9.17, 15) is 18.0 Å². The number of carbonyl (C=O) groups excluding carboxylic acids is 1. The summed E-state index contributed by atoms with van der Waals surface area (Å²) in [6.07, 6.45) is 1.71. The summed E-state index contributed by atoms with van der Waals surface area (Å²) in [6, 6.07) is 4.00. The largest absolute Gasteiger partial charge is 0.393 e. The second-order valence-electron chi connectivity index (χ2n) is 8.58. The first-order valence-corrected chi connectivity index (χ1v) is 10.9. The summed E-state index contributed by atoms with van der Waals surface area (Å²) in [5.41, 5.74) is 2.74. The molecular formula is C22H25F3N6O. The van der Waals surface area contributed by atoms with Crippen LogP contribution in [0.4, 0.5) is 18.9 Å². The molecule has 0 bridgehead atoms. The van der Waals surface area contributed by atoms with E-state index < -0.39 is 12.1 Å². The highest BCUT2D eigenvalue weighted by atomic mass is 19.4. The zero-order valence-corrected chi connectivity index (χ0v) is 17.6. The van der Waals surface area contributed by atoms with Gasteiger partial charge in [-0.25, -0.2) is 9.97 Å². The van der Waals surface area contributed by atoms with Gasteiger partial charge in [-0.3, -0.25) is 9.69 Å². The first-order chi connectivity index (χ1) is 15.4. The summed E-state index contributed by atoms with van der Waals surface area (Å²) in [5, 5.41) is 2.07. The van der Waals surface area contributed by atoms with Gasteiger partial charge in [0.25, 0.3) is 0 Å². The molecule has 2 aliphatic heterocycles. The summed E-state index contributed by atoms with van der Waals surface area (Å²) in [5.74, 6) is -1.61. The average Bonchev–Trinajstić information content (AvgIpc) is 3.28. The number of halogens is 3. The summed E-state index contributed by atoms with van der Waals surface area (Å²) in [7, 11) is 0. The number of alkyl halides is 3. The molecule has 3 aromatic heterocycles. The van der Waals surface area contributed by atoms with Gasteiger partial charge in [-0.1, -0.05) is 0 Å². The highest BCUT2D eigenvalue weighted by molar-refractivity contribution is 6.09. The van der Waals surface area contributed by atoms with Crippen LogP contribution in [-0.2, 0) is 4.79 Å². The molecule has 0 saturated carbocycles. The summed E-state index contributed by atoms with van der Waals surface area (Å²) >= 11 is 0. The minimum atomic E-state index is -4.24. The van der Waals surface area contributed by atoms with Crippen LogP contribution in [0.15, 0.2) is 30.7 Å². The highest BCUT2D eigenvalue weighted by Gasteiger charge is 2.42. The molecule has 2 aliphatic rings. The van der Waals surface area contributed by atoms with Crippen LogP contribution in [0.3, 0.4) is 0 Å². The molecule has 32 heavy (non-hydrogen) atoms. The van der Waals surface area contributed by atoms with E-state index in [0.717, 1.165) is 35.1 Å². The SMILES string of the molecule is O=C(CN1CCN(c2cc[nH]c3cnc4nccc4c23)CC1)N1CCCC(C(F)(F)F)C1. The Morgan fingerprint density at radius 2 is 1.94 bits per heavy atom. The maximum Gasteiger partial charge on any atom is 0.393 e. The standard InChI is InChI=1S/C22H25F3N6O/c23-22(24,25)15-2-1-7-31(13-15)19(32)14-29-8-10-30(11-9-29)18-4-6-26-17-12-28-21-16(20(17)18)3-5-27-21/h3-6,12,15,26H,1-2,7-11,13-14H2. The Balaban J connectivity index is 1.24. The molecular weight excluding hydrogens is 421 g/mol. The van der Waals surface area contributed by atoms with Crippen LogP contribution < -0.4 is 4.90 Å². The lowest BCUT2D eigenvalue weighted by Crippen LogP contribution is -2.52. The van der Waals surface area contributed by atoms with Gasteiger partial charge in [0, 0.05) is 68.1 Å². The van der Waals surface area contributed by atoms with E-state index in [1.165, 1.54) is 4.90 Å². The van der Waals surface area contributed by atoms with Gasteiger partial charge in [-0.2, -0.15) is 13.2 Å². The third kappa shape index (κ3) is 3.99. The van der Waals surface area contributed by atoms with E-state index in [-0.39, 0.29) is 25.4 Å². The number of nitrogens with one attached hydrogen (secondary N) is 1. The fourth-order valence-electron chi connectivity index (χ4n) is 4.81. The van der Waals surface area contributed by atoms with Gasteiger partial charge >= 0.3 is 6.18 Å². The molecule has 5 heterocycles. The second kappa shape index (κ2) is 8.23. The number of likely N-dealkylation sites (tertiary alicyclic amines) is 1. The number of hydrogen-bond acceptors (Lipinski definition) is 5. The van der Waals surface area contributed by atoms with Crippen molar-refractivity contribution < 1.29 is 18.0 Å². The molecule has 1 unspecified atom stereocenters. The number of piperazine rings is 1. The normalized spacial score (nSPS) is 20.9. The van der Waals surface area contributed by atoms with Crippen LogP contribution in [0.25, 0.3) is 21.9 Å². The van der Waals surface area contributed by atoms with E-state index in [1.54, 1.807) is 12.4 Å². The number of aromatic nitrogens is 3. The fourth-order valence-corrected chi connectivity index (χ4v) is 4.81. The number of H-pyrrole nitrogens is 1. The smallest absolute Gasteiger partial charge is 0.368 e. The van der Waals surface area contributed by atoms with E-state index in [4.69, 9.17) is 0 Å². The van der Waals surface area contributed by atoms with Crippen molar-refractivity contribution in [2.45, 2.75) is 19.0 Å². The molecule has 3 aromatic rings. The van der Waals surface area contributed by atoms with E-state index >= 15 is 0 Å². The van der Waals surface area contributed by atoms with Crippen LogP contribution in [0.5, 0.6) is 0 Å². The molecule has 170 valence electrons. The van der Waals surface area contributed by atoms with Crippen molar-refractivity contribution in [2.24, 2.45) is 5.92 Å². The minimum absolute atomic E-state index is 0.107. The van der Waals surface area contributed by atoms with Crippen LogP contribution in [-0.4, -0.2) is 82.6 Å². The molecule has 5 rings (SSSR count). The number of nitrogens with zero attached hydrogens (tertiary/aromatic N) is 5. The number of pyridine rings is 2. The van der Waals surface area contributed by atoms with Gasteiger partial charge in [0.15, 0.2) is 5.65 Å². The first kappa shape index (κ1) is 21.0. The van der Waals surface area contributed by atoms with Crippen molar-refractivity contribution in [3.05, 3.63) is 30.7 Å². The number of anilines is 1. The van der Waals surface area contributed by atoms with Crippen molar-refractivity contribution in [3.63, 3.8) is 0 Å². The van der Waals surface area contributed by atoms with Crippen molar-refractivity contribution in [2.75, 3.05) is 50.7 Å². The van der Waals surface area contributed by atoms with Gasteiger partial charge in [0.05, 0.1) is 24.2 Å². The Morgan fingerprint density at radius 3 is 2.72 bits per heavy atom. The minimum Gasteiger partial charge on any atom is -0.368 e. The molecule has 1 amide bonds. The predicted octanol–water partition coefficient (Wildman–Crippen LogP) is 3.03. The van der Waals surface area contributed by atoms with Crippen LogP contribution in [0, 0.1) is 5.92 Å². The third-order valence-electron chi connectivity index (χ3n) is 6.58. The van der Waals surface area contributed by atoms with Gasteiger partial charge in [-0.05, 0) is 25.0 Å². The number of amides is 1. The molecule has 1 N–H and O–H groups in total. The van der Waals surface area contributed by atoms with Crippen LogP contribution >= 0.6 is 0 Å². The molecule has 7 nitrogen and oxygen atoms in total. The van der Waals surface area contributed by atoms with Crippen LogP contribution in [0.2, 0.25) is 0 Å². The molecule has 10 heteroatoms. The highest BCUT2D eigenvalue weighted by Crippen LogP contribution is 2.34. The second-order valence-corrected chi connectivity index (χ2v) is 8.58. The topological polar surface area (TPSA) is 68.4 Å². The molecule has 0 aromatic carbocycles. The monoisotopic (exact) mass is 446 g/mol. The van der Waals surface area contributed by atoms with Crippen molar-refractivity contribution >= 4 is 33.5 Å². The Morgan fingerprint density at radius 1 is 1.12 bits per heavy atom. The van der Waals surface area contributed by atoms with E-state index in [1.807, 2.05) is 23.2 Å². The molecule has 1 atom stereocenters. The lowest BCUT2D eigenvalue weighted by atomic mass is 9.97. The molecule has 2 saturated heterocycles. The summed E-state index contributed by atoms with van der Waals surface area (Å²) in [6.45, 7) is 3.18. The van der Waals surface area contributed by atoms with Crippen molar-refractivity contribution in [1.29, 1.82) is 0 Å². The lowest BCUT2D eigenvalue weighted by Gasteiger charge is -2.38. The first-order valence-electron chi connectivity index (χ1n) is 10.9. The van der Waals surface area contributed by atoms with E-state index in [2.05, 4.69) is 19.9 Å². The zero-order chi connectivity index (χ0) is 22.3. The Hall–Kier alpha value is -2.88. The van der Waals surface area contributed by atoms with Gasteiger partial charge in [-0.15, -0.1) is 0 Å². The summed E-state index contributed by atoms with van der Waals surface area (Å²) < 4.78 is 39.2. The van der Waals surface area contributed by atoms with Crippen molar-refractivity contribution in [1.82, 2.24) is 24.8 Å². The Bertz CT molecular complexity index is 1120. The van der Waals surface area contributed by atoms with Gasteiger partial charge < -0.3 is 14.8 Å². The van der Waals surface area contributed by atoms with Crippen LogP contribution in [0.1, 0.15) is 12.8 Å². The molecule has 2 fully saturated rings. The summed E-state index contributed by atoms with van der Waals surface area (Å²) in [4.78, 5) is 30.3.